The van der Waals surface area contributed by atoms with E-state index in [1.165, 1.54) is 0 Å². The molecular formula is C12H23N3O4S. The van der Waals surface area contributed by atoms with Crippen LogP contribution in [0.25, 0.3) is 0 Å². The summed E-state index contributed by atoms with van der Waals surface area (Å²) in [6.07, 6.45) is 1.97. The van der Waals surface area contributed by atoms with E-state index < -0.39 is 15.3 Å². The van der Waals surface area contributed by atoms with Crippen LogP contribution in [0.2, 0.25) is 0 Å². The van der Waals surface area contributed by atoms with Gasteiger partial charge in [0.1, 0.15) is 5.25 Å². The minimum Gasteiger partial charge on any atom is -0.395 e. The molecule has 2 saturated heterocycles. The van der Waals surface area contributed by atoms with E-state index in [0.29, 0.717) is 19.0 Å². The molecule has 1 amide bonds. The SMILES string of the molecule is NS(=O)(=O)C1CC(=O)N(CC2CCN(CCO)CC2)C1. The van der Waals surface area contributed by atoms with Crippen LogP contribution >= 0.6 is 0 Å². The Morgan fingerprint density at radius 3 is 2.45 bits per heavy atom. The van der Waals surface area contributed by atoms with Crippen molar-refractivity contribution in [3.8, 4) is 0 Å². The number of likely N-dealkylation sites (tertiary alicyclic amines) is 2. The Kier molecular flexibility index (Phi) is 5.00. The molecular weight excluding hydrogens is 282 g/mol. The smallest absolute Gasteiger partial charge is 0.224 e. The second-order valence-corrected chi connectivity index (χ2v) is 7.57. The molecule has 116 valence electrons. The lowest BCUT2D eigenvalue weighted by molar-refractivity contribution is -0.128. The summed E-state index contributed by atoms with van der Waals surface area (Å²) in [5.41, 5.74) is 0. The molecule has 1 unspecified atom stereocenters. The number of aliphatic hydroxyl groups is 1. The molecule has 3 N–H and O–H groups in total. The fraction of sp³-hybridized carbons (Fsp3) is 0.917. The number of carbonyl (C=O) groups is 1. The highest BCUT2D eigenvalue weighted by Gasteiger charge is 2.37. The molecule has 0 radical (unpaired) electrons. The Morgan fingerprint density at radius 2 is 1.95 bits per heavy atom. The van der Waals surface area contributed by atoms with Gasteiger partial charge in [-0.25, -0.2) is 13.6 Å². The van der Waals surface area contributed by atoms with Crippen LogP contribution in [-0.4, -0.2) is 73.8 Å². The van der Waals surface area contributed by atoms with Crippen LogP contribution in [0.15, 0.2) is 0 Å². The van der Waals surface area contributed by atoms with Gasteiger partial charge in [0.05, 0.1) is 6.61 Å². The Morgan fingerprint density at radius 1 is 1.30 bits per heavy atom. The molecule has 2 rings (SSSR count). The molecule has 0 aromatic rings. The molecule has 0 saturated carbocycles. The van der Waals surface area contributed by atoms with Crippen LogP contribution in [0, 0.1) is 5.92 Å². The zero-order valence-electron chi connectivity index (χ0n) is 11.6. The molecule has 20 heavy (non-hydrogen) atoms. The number of sulfonamides is 1. The van der Waals surface area contributed by atoms with Gasteiger partial charge in [0.15, 0.2) is 0 Å². The van der Waals surface area contributed by atoms with E-state index in [4.69, 9.17) is 10.2 Å². The van der Waals surface area contributed by atoms with E-state index >= 15 is 0 Å². The van der Waals surface area contributed by atoms with Crippen molar-refractivity contribution in [2.75, 3.05) is 39.3 Å². The first-order valence-corrected chi connectivity index (χ1v) is 8.63. The molecule has 7 nitrogen and oxygen atoms in total. The molecule has 8 heteroatoms. The number of aliphatic hydroxyl groups excluding tert-OH is 1. The average molecular weight is 305 g/mol. The number of nitrogens with zero attached hydrogens (tertiary/aromatic N) is 2. The molecule has 0 aliphatic carbocycles. The summed E-state index contributed by atoms with van der Waals surface area (Å²) in [5, 5.41) is 13.3. The third-order valence-corrected chi connectivity index (χ3v) is 5.49. The van der Waals surface area contributed by atoms with Gasteiger partial charge in [0.25, 0.3) is 0 Å². The Labute approximate surface area is 119 Å². The Hall–Kier alpha value is -0.700. The number of rotatable bonds is 5. The van der Waals surface area contributed by atoms with Crippen LogP contribution < -0.4 is 5.14 Å². The van der Waals surface area contributed by atoms with E-state index in [0.717, 1.165) is 25.9 Å². The van der Waals surface area contributed by atoms with E-state index in [2.05, 4.69) is 4.90 Å². The lowest BCUT2D eigenvalue weighted by Gasteiger charge is -2.33. The van der Waals surface area contributed by atoms with Gasteiger partial charge in [-0.2, -0.15) is 0 Å². The first-order valence-electron chi connectivity index (χ1n) is 7.02. The van der Waals surface area contributed by atoms with Crippen molar-refractivity contribution in [2.45, 2.75) is 24.5 Å². The van der Waals surface area contributed by atoms with Gasteiger partial charge in [-0.15, -0.1) is 0 Å². The zero-order valence-corrected chi connectivity index (χ0v) is 12.4. The van der Waals surface area contributed by atoms with Gasteiger partial charge in [-0.1, -0.05) is 0 Å². The number of hydrogen-bond donors (Lipinski definition) is 2. The van der Waals surface area contributed by atoms with Crippen molar-refractivity contribution in [1.29, 1.82) is 0 Å². The summed E-state index contributed by atoms with van der Waals surface area (Å²) in [7, 11) is -3.62. The van der Waals surface area contributed by atoms with Crippen molar-refractivity contribution >= 4 is 15.9 Å². The average Bonchev–Trinajstić information content (AvgIpc) is 2.74. The summed E-state index contributed by atoms with van der Waals surface area (Å²) in [4.78, 5) is 15.7. The van der Waals surface area contributed by atoms with Crippen molar-refractivity contribution in [2.24, 2.45) is 11.1 Å². The maximum Gasteiger partial charge on any atom is 0.224 e. The van der Waals surface area contributed by atoms with Gasteiger partial charge in [-0.3, -0.25) is 4.79 Å². The molecule has 2 aliphatic heterocycles. The molecule has 2 aliphatic rings. The normalized spacial score (nSPS) is 26.4. The fourth-order valence-electron chi connectivity index (χ4n) is 2.98. The summed E-state index contributed by atoms with van der Waals surface area (Å²) >= 11 is 0. The van der Waals surface area contributed by atoms with E-state index in [1.807, 2.05) is 0 Å². The van der Waals surface area contributed by atoms with E-state index in [1.54, 1.807) is 4.90 Å². The summed E-state index contributed by atoms with van der Waals surface area (Å²) in [5.74, 6) is 0.301. The van der Waals surface area contributed by atoms with Crippen LogP contribution in [0.3, 0.4) is 0 Å². The van der Waals surface area contributed by atoms with Crippen LogP contribution in [-0.2, 0) is 14.8 Å². The standard InChI is InChI=1S/C12H23N3O4S/c13-20(18,19)11-7-12(17)15(9-11)8-10-1-3-14(4-2-10)5-6-16/h10-11,16H,1-9H2,(H2,13,18,19). The first kappa shape index (κ1) is 15.7. The number of amides is 1. The maximum atomic E-state index is 11.8. The first-order chi connectivity index (χ1) is 9.40. The van der Waals surface area contributed by atoms with Crippen molar-refractivity contribution in [3.63, 3.8) is 0 Å². The summed E-state index contributed by atoms with van der Waals surface area (Å²) in [6.45, 7) is 3.57. The molecule has 0 aromatic carbocycles. The lowest BCUT2D eigenvalue weighted by Crippen LogP contribution is -2.40. The highest BCUT2D eigenvalue weighted by Crippen LogP contribution is 2.23. The second-order valence-electron chi connectivity index (χ2n) is 5.72. The van der Waals surface area contributed by atoms with E-state index in [9.17, 15) is 13.2 Å². The number of hydrogen-bond acceptors (Lipinski definition) is 5. The van der Waals surface area contributed by atoms with Gasteiger partial charge < -0.3 is 14.9 Å². The van der Waals surface area contributed by atoms with Crippen LogP contribution in [0.4, 0.5) is 0 Å². The number of nitrogens with two attached hydrogens (primary N) is 1. The molecule has 2 fully saturated rings. The van der Waals surface area contributed by atoms with E-state index in [-0.39, 0.29) is 25.5 Å². The molecule has 0 spiro atoms. The van der Waals surface area contributed by atoms with Crippen LogP contribution in [0.1, 0.15) is 19.3 Å². The number of piperidine rings is 1. The quantitative estimate of drug-likeness (QED) is 0.649. The van der Waals surface area contributed by atoms with Gasteiger partial charge in [-0.05, 0) is 31.8 Å². The third-order valence-electron chi connectivity index (χ3n) is 4.25. The summed E-state index contributed by atoms with van der Waals surface area (Å²) in [6, 6.07) is 0. The largest absolute Gasteiger partial charge is 0.395 e. The molecule has 0 bridgehead atoms. The molecule has 1 atom stereocenters. The molecule has 0 aromatic heterocycles. The highest BCUT2D eigenvalue weighted by molar-refractivity contribution is 7.89. The summed E-state index contributed by atoms with van der Waals surface area (Å²) < 4.78 is 22.6. The van der Waals surface area contributed by atoms with Gasteiger partial charge in [0, 0.05) is 26.1 Å². The van der Waals surface area contributed by atoms with Crippen molar-refractivity contribution in [1.82, 2.24) is 9.80 Å². The maximum absolute atomic E-state index is 11.8. The number of primary sulfonamides is 1. The number of carbonyl (C=O) groups excluding carboxylic acids is 1. The van der Waals surface area contributed by atoms with Crippen molar-refractivity contribution < 1.29 is 18.3 Å². The minimum absolute atomic E-state index is 0.0161. The Bertz CT molecular complexity index is 446. The predicted octanol–water partition coefficient (Wildman–Crippen LogP) is -1.42. The fourth-order valence-corrected chi connectivity index (χ4v) is 3.74. The lowest BCUT2D eigenvalue weighted by atomic mass is 9.96. The van der Waals surface area contributed by atoms with Crippen LogP contribution in [0.5, 0.6) is 0 Å². The zero-order chi connectivity index (χ0) is 14.8. The van der Waals surface area contributed by atoms with Gasteiger partial charge in [0.2, 0.25) is 15.9 Å². The highest BCUT2D eigenvalue weighted by atomic mass is 32.2. The minimum atomic E-state index is -3.62. The monoisotopic (exact) mass is 305 g/mol. The molecule has 2 heterocycles. The topological polar surface area (TPSA) is 104 Å². The number of β-amino-alcohol motifs (C(OH)–C–C–N with tert-alkyl or cyclic N) is 1. The predicted molar refractivity (Wildman–Crippen MR) is 74.3 cm³/mol. The Balaban J connectivity index is 1.82. The third kappa shape index (κ3) is 3.91. The van der Waals surface area contributed by atoms with Gasteiger partial charge >= 0.3 is 0 Å². The second kappa shape index (κ2) is 6.38. The van der Waals surface area contributed by atoms with Crippen molar-refractivity contribution in [3.05, 3.63) is 0 Å².